The van der Waals surface area contributed by atoms with Gasteiger partial charge in [0.15, 0.2) is 0 Å². The van der Waals surface area contributed by atoms with Crippen molar-refractivity contribution in [2.45, 2.75) is 11.4 Å². The number of nitrogens with zero attached hydrogens (tertiary/aromatic N) is 1. The first-order valence-corrected chi connectivity index (χ1v) is 13.6. The number of sulfonamides is 1. The number of hydrogen-bond donors (Lipinski definition) is 4. The second-order valence-electron chi connectivity index (χ2n) is 8.28. The molecule has 35 heavy (non-hydrogen) atoms. The summed E-state index contributed by atoms with van der Waals surface area (Å²) >= 11 is 1.52. The van der Waals surface area contributed by atoms with Gasteiger partial charge >= 0.3 is 0 Å². The van der Waals surface area contributed by atoms with Gasteiger partial charge < -0.3 is 15.5 Å². The molecule has 0 fully saturated rings. The number of benzene rings is 3. The Labute approximate surface area is 210 Å². The number of rotatable bonds is 10. The van der Waals surface area contributed by atoms with E-state index in [1.165, 1.54) is 11.3 Å². The molecule has 0 aliphatic carbocycles. The van der Waals surface area contributed by atoms with Crippen LogP contribution in [0.25, 0.3) is 10.8 Å². The standard InChI is InChI=1S/C26H29N5O2S2/c1-31(2)23-11-4-10-22-21(23)9-5-13-25(22)35(32,33)29-15-14-28-18-19-7-3-8-20(17-19)30-26(27)24-12-6-16-34-24/h3-13,16-17,28-29H,14-15,18H2,1-2H3,(H2,27,30). The summed E-state index contributed by atoms with van der Waals surface area (Å²) in [7, 11) is 0.230. The number of nitrogens with one attached hydrogen (secondary N) is 4. The highest BCUT2D eigenvalue weighted by Gasteiger charge is 2.18. The summed E-state index contributed by atoms with van der Waals surface area (Å²) in [6, 6.07) is 22.7. The van der Waals surface area contributed by atoms with Crippen LogP contribution in [-0.2, 0) is 16.6 Å². The van der Waals surface area contributed by atoms with Crippen LogP contribution < -0.4 is 20.3 Å². The highest BCUT2D eigenvalue weighted by atomic mass is 32.2. The molecule has 4 aromatic rings. The van der Waals surface area contributed by atoms with E-state index in [2.05, 4.69) is 15.4 Å². The molecule has 0 spiro atoms. The molecule has 182 valence electrons. The largest absolute Gasteiger partial charge is 0.377 e. The fourth-order valence-corrected chi connectivity index (χ4v) is 5.74. The molecule has 4 N–H and O–H groups in total. The van der Waals surface area contributed by atoms with E-state index in [1.807, 2.05) is 85.0 Å². The zero-order chi connectivity index (χ0) is 24.8. The Morgan fingerprint density at radius 3 is 2.49 bits per heavy atom. The first kappa shape index (κ1) is 24.9. The van der Waals surface area contributed by atoms with Gasteiger partial charge in [0.05, 0.1) is 9.77 Å². The molecular formula is C26H29N5O2S2. The van der Waals surface area contributed by atoms with E-state index in [0.29, 0.717) is 24.3 Å². The van der Waals surface area contributed by atoms with Crippen molar-refractivity contribution < 1.29 is 8.42 Å². The number of anilines is 2. The number of amidine groups is 1. The van der Waals surface area contributed by atoms with Crippen LogP contribution in [0.3, 0.4) is 0 Å². The number of hydrogen-bond acceptors (Lipinski definition) is 6. The van der Waals surface area contributed by atoms with E-state index in [0.717, 1.165) is 27.2 Å². The molecule has 0 atom stereocenters. The Hall–Kier alpha value is -3.24. The molecule has 0 bridgehead atoms. The molecule has 0 aliphatic heterocycles. The SMILES string of the molecule is CN(C)c1cccc2c(S(=O)(=O)NCCNCc3cccc(NC(=N)c4cccs4)c3)cccc12. The van der Waals surface area contributed by atoms with Crippen molar-refractivity contribution in [3.05, 3.63) is 88.6 Å². The molecule has 0 amide bonds. The van der Waals surface area contributed by atoms with Crippen molar-refractivity contribution in [3.63, 3.8) is 0 Å². The predicted molar refractivity (Wildman–Crippen MR) is 146 cm³/mol. The highest BCUT2D eigenvalue weighted by Crippen LogP contribution is 2.30. The molecule has 4 rings (SSSR count). The van der Waals surface area contributed by atoms with Crippen LogP contribution in [0.5, 0.6) is 0 Å². The second kappa shape index (κ2) is 11.0. The minimum atomic E-state index is -3.66. The topological polar surface area (TPSA) is 97.3 Å². The lowest BCUT2D eigenvalue weighted by Gasteiger charge is -2.17. The average Bonchev–Trinajstić information content (AvgIpc) is 3.38. The molecule has 0 saturated carbocycles. The molecule has 0 aliphatic rings. The third kappa shape index (κ3) is 6.07. The smallest absolute Gasteiger partial charge is 0.241 e. The average molecular weight is 508 g/mol. The monoisotopic (exact) mass is 507 g/mol. The third-order valence-electron chi connectivity index (χ3n) is 5.52. The van der Waals surface area contributed by atoms with Gasteiger partial charge in [-0.05, 0) is 41.3 Å². The van der Waals surface area contributed by atoms with Gasteiger partial charge in [0, 0.05) is 55.9 Å². The van der Waals surface area contributed by atoms with E-state index in [4.69, 9.17) is 5.41 Å². The summed E-state index contributed by atoms with van der Waals surface area (Å²) in [4.78, 5) is 3.14. The highest BCUT2D eigenvalue weighted by molar-refractivity contribution is 7.89. The summed E-state index contributed by atoms with van der Waals surface area (Å²) in [6.07, 6.45) is 0. The Morgan fingerprint density at radius 2 is 1.71 bits per heavy atom. The number of thiophene rings is 1. The van der Waals surface area contributed by atoms with Crippen LogP contribution >= 0.6 is 11.3 Å². The van der Waals surface area contributed by atoms with E-state index in [9.17, 15) is 8.42 Å². The summed E-state index contributed by atoms with van der Waals surface area (Å²) in [5.41, 5.74) is 2.86. The van der Waals surface area contributed by atoms with Crippen molar-refractivity contribution in [3.8, 4) is 0 Å². The molecule has 1 aromatic heterocycles. The molecule has 3 aromatic carbocycles. The quantitative estimate of drug-likeness (QED) is 0.144. The molecule has 1 heterocycles. The van der Waals surface area contributed by atoms with Gasteiger partial charge in [-0.15, -0.1) is 11.3 Å². The minimum absolute atomic E-state index is 0.271. The summed E-state index contributed by atoms with van der Waals surface area (Å²) in [5, 5.41) is 18.1. The van der Waals surface area contributed by atoms with Gasteiger partial charge in [-0.25, -0.2) is 13.1 Å². The van der Waals surface area contributed by atoms with Crippen LogP contribution in [0.2, 0.25) is 0 Å². The van der Waals surface area contributed by atoms with Gasteiger partial charge in [0.1, 0.15) is 5.84 Å². The Balaban J connectivity index is 1.32. The fourth-order valence-electron chi connectivity index (χ4n) is 3.86. The predicted octanol–water partition coefficient (Wildman–Crippen LogP) is 4.47. The van der Waals surface area contributed by atoms with Crippen LogP contribution in [0, 0.1) is 5.41 Å². The summed E-state index contributed by atoms with van der Waals surface area (Å²) in [5.74, 6) is 0.366. The maximum Gasteiger partial charge on any atom is 0.241 e. The molecule has 0 saturated heterocycles. The van der Waals surface area contributed by atoms with Gasteiger partial charge in [-0.2, -0.15) is 0 Å². The Kier molecular flexibility index (Phi) is 7.82. The molecule has 7 nitrogen and oxygen atoms in total. The van der Waals surface area contributed by atoms with Gasteiger partial charge in [0.25, 0.3) is 0 Å². The maximum atomic E-state index is 13.0. The lowest BCUT2D eigenvalue weighted by molar-refractivity contribution is 0.577. The van der Waals surface area contributed by atoms with Crippen LogP contribution in [0.4, 0.5) is 11.4 Å². The zero-order valence-electron chi connectivity index (χ0n) is 19.7. The van der Waals surface area contributed by atoms with Crippen molar-refractivity contribution in [2.75, 3.05) is 37.4 Å². The van der Waals surface area contributed by atoms with Crippen molar-refractivity contribution in [1.29, 1.82) is 5.41 Å². The van der Waals surface area contributed by atoms with E-state index in [1.54, 1.807) is 12.1 Å². The van der Waals surface area contributed by atoms with E-state index in [-0.39, 0.29) is 11.4 Å². The number of fused-ring (bicyclic) bond motifs is 1. The van der Waals surface area contributed by atoms with E-state index < -0.39 is 10.0 Å². The minimum Gasteiger partial charge on any atom is -0.377 e. The Morgan fingerprint density at radius 1 is 0.943 bits per heavy atom. The first-order valence-electron chi connectivity index (χ1n) is 11.2. The van der Waals surface area contributed by atoms with Gasteiger partial charge in [0.2, 0.25) is 10.0 Å². The van der Waals surface area contributed by atoms with Crippen molar-refractivity contribution in [2.24, 2.45) is 0 Å². The summed E-state index contributed by atoms with van der Waals surface area (Å²) < 4.78 is 28.8. The molecule has 0 radical (unpaired) electrons. The van der Waals surface area contributed by atoms with Crippen LogP contribution in [0.1, 0.15) is 10.4 Å². The normalized spacial score (nSPS) is 11.5. The molecule has 9 heteroatoms. The Bertz CT molecular complexity index is 1420. The van der Waals surface area contributed by atoms with Crippen molar-refractivity contribution >= 4 is 49.3 Å². The maximum absolute atomic E-state index is 13.0. The first-order chi connectivity index (χ1) is 16.8. The van der Waals surface area contributed by atoms with E-state index >= 15 is 0 Å². The van der Waals surface area contributed by atoms with Crippen LogP contribution in [-0.4, -0.2) is 41.4 Å². The van der Waals surface area contributed by atoms with Crippen LogP contribution in [0.15, 0.2) is 83.1 Å². The van der Waals surface area contributed by atoms with Crippen molar-refractivity contribution in [1.82, 2.24) is 10.0 Å². The fraction of sp³-hybridized carbons (Fsp3) is 0.192. The second-order valence-corrected chi connectivity index (χ2v) is 11.0. The molecule has 0 unspecified atom stereocenters. The van der Waals surface area contributed by atoms with Gasteiger partial charge in [-0.1, -0.05) is 42.5 Å². The summed E-state index contributed by atoms with van der Waals surface area (Å²) in [6.45, 7) is 1.34. The van der Waals surface area contributed by atoms with Gasteiger partial charge in [-0.3, -0.25) is 5.41 Å². The third-order valence-corrected chi connectivity index (χ3v) is 7.92. The lowest BCUT2D eigenvalue weighted by Crippen LogP contribution is -2.31. The zero-order valence-corrected chi connectivity index (χ0v) is 21.3. The lowest BCUT2D eigenvalue weighted by atomic mass is 10.1. The molecular weight excluding hydrogens is 478 g/mol.